The Labute approximate surface area is 134 Å². The molecule has 3 aromatic rings. The number of aryl methyl sites for hydroxylation is 1. The predicted octanol–water partition coefficient (Wildman–Crippen LogP) is 3.69. The first kappa shape index (κ1) is 13.9. The van der Waals surface area contributed by atoms with Gasteiger partial charge in [-0.1, -0.05) is 18.2 Å². The number of para-hydroxylation sites is 1. The highest BCUT2D eigenvalue weighted by Gasteiger charge is 2.28. The summed E-state index contributed by atoms with van der Waals surface area (Å²) in [7, 11) is 1.64. The Morgan fingerprint density at radius 3 is 2.87 bits per heavy atom. The first-order chi connectivity index (χ1) is 11.2. The number of methoxy groups -OCH3 is 1. The highest BCUT2D eigenvalue weighted by Crippen LogP contribution is 2.32. The number of aromatic amines is 1. The molecule has 2 heterocycles. The van der Waals surface area contributed by atoms with Gasteiger partial charge in [0.15, 0.2) is 0 Å². The molecule has 0 fully saturated rings. The van der Waals surface area contributed by atoms with E-state index in [1.165, 1.54) is 5.56 Å². The molecule has 1 N–H and O–H groups in total. The normalized spacial score (nSPS) is 13.4. The lowest BCUT2D eigenvalue weighted by molar-refractivity contribution is 0.0990. The molecule has 0 unspecified atom stereocenters. The fourth-order valence-corrected chi connectivity index (χ4v) is 3.40. The number of fused-ring (bicyclic) bond motifs is 2. The van der Waals surface area contributed by atoms with Crippen molar-refractivity contribution in [1.82, 2.24) is 4.98 Å². The molecule has 0 atom stereocenters. The molecule has 116 valence electrons. The summed E-state index contributed by atoms with van der Waals surface area (Å²) in [6, 6.07) is 13.9. The molecule has 2 aromatic carbocycles. The molecular weight excluding hydrogens is 288 g/mol. The monoisotopic (exact) mass is 306 g/mol. The van der Waals surface area contributed by atoms with E-state index in [2.05, 4.69) is 11.1 Å². The summed E-state index contributed by atoms with van der Waals surface area (Å²) in [6.45, 7) is 2.68. The van der Waals surface area contributed by atoms with Crippen LogP contribution in [0.3, 0.4) is 0 Å². The zero-order chi connectivity index (χ0) is 16.0. The van der Waals surface area contributed by atoms with E-state index < -0.39 is 0 Å². The molecule has 4 nitrogen and oxygen atoms in total. The number of nitrogens with zero attached hydrogens (tertiary/aromatic N) is 1. The van der Waals surface area contributed by atoms with E-state index in [4.69, 9.17) is 4.74 Å². The van der Waals surface area contributed by atoms with Crippen LogP contribution < -0.4 is 9.64 Å². The summed E-state index contributed by atoms with van der Waals surface area (Å²) in [5, 5.41) is 0.942. The predicted molar refractivity (Wildman–Crippen MR) is 91.4 cm³/mol. The minimum atomic E-state index is 0.0591. The molecule has 0 bridgehead atoms. The molecule has 0 saturated carbocycles. The van der Waals surface area contributed by atoms with Gasteiger partial charge >= 0.3 is 0 Å². The Morgan fingerprint density at radius 2 is 2.04 bits per heavy atom. The van der Waals surface area contributed by atoms with Crippen molar-refractivity contribution in [2.24, 2.45) is 0 Å². The average Bonchev–Trinajstić information content (AvgIpc) is 3.13. The van der Waals surface area contributed by atoms with Crippen LogP contribution in [0.25, 0.3) is 10.9 Å². The van der Waals surface area contributed by atoms with Gasteiger partial charge in [-0.05, 0) is 37.1 Å². The molecule has 23 heavy (non-hydrogen) atoms. The minimum absolute atomic E-state index is 0.0591. The minimum Gasteiger partial charge on any atom is -0.497 e. The number of aromatic nitrogens is 1. The van der Waals surface area contributed by atoms with E-state index in [1.54, 1.807) is 7.11 Å². The summed E-state index contributed by atoms with van der Waals surface area (Å²) in [5.41, 5.74) is 4.83. The molecule has 1 aromatic heterocycles. The second-order valence-electron chi connectivity index (χ2n) is 5.87. The number of hydrogen-bond donors (Lipinski definition) is 1. The van der Waals surface area contributed by atoms with Gasteiger partial charge in [-0.25, -0.2) is 0 Å². The molecule has 4 heteroatoms. The summed E-state index contributed by atoms with van der Waals surface area (Å²) in [5.74, 6) is 0.841. The zero-order valence-corrected chi connectivity index (χ0v) is 13.2. The average molecular weight is 306 g/mol. The summed E-state index contributed by atoms with van der Waals surface area (Å²) >= 11 is 0. The van der Waals surface area contributed by atoms with Crippen LogP contribution in [0.1, 0.15) is 21.6 Å². The van der Waals surface area contributed by atoms with Crippen LogP contribution in [-0.2, 0) is 6.42 Å². The Bertz CT molecular complexity index is 911. The van der Waals surface area contributed by atoms with E-state index in [-0.39, 0.29) is 5.91 Å². The summed E-state index contributed by atoms with van der Waals surface area (Å²) in [4.78, 5) is 18.3. The highest BCUT2D eigenvalue weighted by molar-refractivity contribution is 6.15. The van der Waals surface area contributed by atoms with Crippen molar-refractivity contribution in [3.05, 3.63) is 59.3 Å². The van der Waals surface area contributed by atoms with Crippen molar-refractivity contribution in [2.45, 2.75) is 13.3 Å². The lowest BCUT2D eigenvalue weighted by Gasteiger charge is -2.17. The Balaban J connectivity index is 1.80. The van der Waals surface area contributed by atoms with Crippen LogP contribution in [0.15, 0.2) is 42.5 Å². The summed E-state index contributed by atoms with van der Waals surface area (Å²) < 4.78 is 5.26. The molecule has 4 rings (SSSR count). The molecule has 1 aliphatic rings. The number of anilines is 1. The van der Waals surface area contributed by atoms with Crippen LogP contribution in [0.5, 0.6) is 5.75 Å². The van der Waals surface area contributed by atoms with Gasteiger partial charge in [0.1, 0.15) is 5.75 Å². The number of carbonyl (C=O) groups excluding carboxylic acids is 1. The smallest absolute Gasteiger partial charge is 0.260 e. The van der Waals surface area contributed by atoms with Crippen molar-refractivity contribution < 1.29 is 9.53 Å². The maximum Gasteiger partial charge on any atom is 0.260 e. The number of H-pyrrole nitrogens is 1. The van der Waals surface area contributed by atoms with Crippen molar-refractivity contribution in [3.63, 3.8) is 0 Å². The number of nitrogens with one attached hydrogen (secondary N) is 1. The van der Waals surface area contributed by atoms with E-state index in [0.29, 0.717) is 0 Å². The zero-order valence-electron chi connectivity index (χ0n) is 13.2. The van der Waals surface area contributed by atoms with Gasteiger partial charge in [0.05, 0.1) is 18.2 Å². The fourth-order valence-electron chi connectivity index (χ4n) is 3.40. The van der Waals surface area contributed by atoms with Gasteiger partial charge in [0, 0.05) is 29.4 Å². The van der Waals surface area contributed by atoms with Crippen LogP contribution in [0.2, 0.25) is 0 Å². The number of hydrogen-bond acceptors (Lipinski definition) is 2. The maximum absolute atomic E-state index is 13.1. The molecule has 0 radical (unpaired) electrons. The fraction of sp³-hybridized carbons (Fsp3) is 0.211. The first-order valence-electron chi connectivity index (χ1n) is 7.75. The Morgan fingerprint density at radius 1 is 1.22 bits per heavy atom. The first-order valence-corrected chi connectivity index (χ1v) is 7.75. The third-order valence-corrected chi connectivity index (χ3v) is 4.54. The number of benzene rings is 2. The largest absolute Gasteiger partial charge is 0.497 e. The number of rotatable bonds is 2. The second-order valence-corrected chi connectivity index (χ2v) is 5.87. The van der Waals surface area contributed by atoms with Crippen LogP contribution in [-0.4, -0.2) is 24.5 Å². The highest BCUT2D eigenvalue weighted by atomic mass is 16.5. The quantitative estimate of drug-likeness (QED) is 0.785. The molecule has 0 spiro atoms. The number of ether oxygens (including phenoxy) is 1. The van der Waals surface area contributed by atoms with Crippen molar-refractivity contribution in [3.8, 4) is 5.75 Å². The standard InChI is InChI=1S/C19H18N2O2/c1-12-18(15-8-7-14(23-2)11-16(15)20-12)19(22)21-10-9-13-5-3-4-6-17(13)21/h3-8,11,20H,9-10H2,1-2H3. The number of carbonyl (C=O) groups is 1. The van der Waals surface area contributed by atoms with E-state index in [0.717, 1.165) is 46.6 Å². The lowest BCUT2D eigenvalue weighted by Crippen LogP contribution is -2.29. The van der Waals surface area contributed by atoms with Crippen molar-refractivity contribution in [2.75, 3.05) is 18.6 Å². The third-order valence-electron chi connectivity index (χ3n) is 4.54. The SMILES string of the molecule is COc1ccc2c(C(=O)N3CCc4ccccc43)c(C)[nH]c2c1. The van der Waals surface area contributed by atoms with Crippen molar-refractivity contribution in [1.29, 1.82) is 0 Å². The van der Waals surface area contributed by atoms with Crippen LogP contribution in [0.4, 0.5) is 5.69 Å². The Kier molecular flexibility index (Phi) is 3.11. The van der Waals surface area contributed by atoms with Crippen LogP contribution >= 0.6 is 0 Å². The van der Waals surface area contributed by atoms with E-state index in [1.807, 2.05) is 48.2 Å². The van der Waals surface area contributed by atoms with Gasteiger partial charge < -0.3 is 14.6 Å². The number of amides is 1. The van der Waals surface area contributed by atoms with Crippen LogP contribution in [0, 0.1) is 6.92 Å². The Hall–Kier alpha value is -2.75. The van der Waals surface area contributed by atoms with Gasteiger partial charge in [-0.15, -0.1) is 0 Å². The van der Waals surface area contributed by atoms with Crippen molar-refractivity contribution >= 4 is 22.5 Å². The third kappa shape index (κ3) is 2.10. The molecule has 1 amide bonds. The van der Waals surface area contributed by atoms with Gasteiger partial charge in [0.2, 0.25) is 0 Å². The molecule has 1 aliphatic heterocycles. The van der Waals surface area contributed by atoms with E-state index in [9.17, 15) is 4.79 Å². The van der Waals surface area contributed by atoms with E-state index >= 15 is 0 Å². The summed E-state index contributed by atoms with van der Waals surface area (Å²) in [6.07, 6.45) is 0.914. The topological polar surface area (TPSA) is 45.3 Å². The van der Waals surface area contributed by atoms with Gasteiger partial charge in [0.25, 0.3) is 5.91 Å². The second kappa shape index (κ2) is 5.16. The lowest BCUT2D eigenvalue weighted by atomic mass is 10.1. The van der Waals surface area contributed by atoms with Gasteiger partial charge in [-0.2, -0.15) is 0 Å². The maximum atomic E-state index is 13.1. The van der Waals surface area contributed by atoms with Gasteiger partial charge in [-0.3, -0.25) is 4.79 Å². The molecular formula is C19H18N2O2. The molecule has 0 aliphatic carbocycles. The molecule has 0 saturated heterocycles.